The average molecular weight is 399 g/mol. The first-order valence-electron chi connectivity index (χ1n) is 9.70. The predicted octanol–water partition coefficient (Wildman–Crippen LogP) is 4.42. The van der Waals surface area contributed by atoms with Crippen molar-refractivity contribution in [3.05, 3.63) is 65.7 Å². The molecular weight excluding hydrogens is 368 g/mol. The Morgan fingerprint density at radius 1 is 1.00 bits per heavy atom. The number of carbonyl (C=O) groups excluding carboxylic acids is 2. The number of carbonyl (C=O) groups is 2. The quantitative estimate of drug-likeness (QED) is 0.636. The van der Waals surface area contributed by atoms with Gasteiger partial charge >= 0.3 is 0 Å². The maximum absolute atomic E-state index is 13.0. The van der Waals surface area contributed by atoms with Crippen molar-refractivity contribution < 1.29 is 9.59 Å². The van der Waals surface area contributed by atoms with E-state index in [0.717, 1.165) is 10.5 Å². The first-order valence-corrected chi connectivity index (χ1v) is 10.7. The summed E-state index contributed by atoms with van der Waals surface area (Å²) in [7, 11) is 0. The fourth-order valence-electron chi connectivity index (χ4n) is 2.79. The number of benzene rings is 2. The molecule has 0 aliphatic heterocycles. The van der Waals surface area contributed by atoms with Crippen LogP contribution >= 0.6 is 11.8 Å². The Bertz CT molecular complexity index is 760. The first-order chi connectivity index (χ1) is 13.4. The van der Waals surface area contributed by atoms with Crippen LogP contribution in [-0.4, -0.2) is 34.6 Å². The van der Waals surface area contributed by atoms with Crippen LogP contribution in [0, 0.1) is 6.92 Å². The van der Waals surface area contributed by atoms with E-state index in [4.69, 9.17) is 0 Å². The highest BCUT2D eigenvalue weighted by Crippen LogP contribution is 2.19. The lowest BCUT2D eigenvalue weighted by atomic mass is 10.1. The second kappa shape index (κ2) is 10.9. The smallest absolute Gasteiger partial charge is 0.242 e. The van der Waals surface area contributed by atoms with Crippen molar-refractivity contribution in [1.82, 2.24) is 10.2 Å². The molecule has 1 unspecified atom stereocenters. The van der Waals surface area contributed by atoms with Gasteiger partial charge in [-0.2, -0.15) is 0 Å². The van der Waals surface area contributed by atoms with E-state index in [-0.39, 0.29) is 17.9 Å². The van der Waals surface area contributed by atoms with Crippen molar-refractivity contribution in [2.45, 2.75) is 57.6 Å². The summed E-state index contributed by atoms with van der Waals surface area (Å²) >= 11 is 1.66. The molecule has 0 fully saturated rings. The monoisotopic (exact) mass is 398 g/mol. The SMILES string of the molecule is Cc1ccc(CN(C(=O)CCSc2ccccc2)C(C)C(=O)NC(C)C)cc1. The standard InChI is InChI=1S/C23H30N2O2S/c1-17(2)24-23(27)19(4)25(16-20-12-10-18(3)11-13-20)22(26)14-15-28-21-8-6-5-7-9-21/h5-13,17,19H,14-16H2,1-4H3,(H,24,27). The van der Waals surface area contributed by atoms with Crippen LogP contribution in [-0.2, 0) is 16.1 Å². The van der Waals surface area contributed by atoms with Gasteiger partial charge in [0, 0.05) is 29.7 Å². The van der Waals surface area contributed by atoms with Crippen LogP contribution in [0.2, 0.25) is 0 Å². The molecule has 0 spiro atoms. The van der Waals surface area contributed by atoms with Crippen LogP contribution in [0.4, 0.5) is 0 Å². The number of nitrogens with zero attached hydrogens (tertiary/aromatic N) is 1. The molecule has 5 heteroatoms. The molecule has 0 radical (unpaired) electrons. The van der Waals surface area contributed by atoms with Gasteiger partial charge in [0.05, 0.1) is 0 Å². The minimum Gasteiger partial charge on any atom is -0.352 e. The maximum atomic E-state index is 13.0. The molecule has 1 N–H and O–H groups in total. The number of amides is 2. The van der Waals surface area contributed by atoms with Gasteiger partial charge in [-0.3, -0.25) is 9.59 Å². The van der Waals surface area contributed by atoms with Gasteiger partial charge in [0.1, 0.15) is 6.04 Å². The van der Waals surface area contributed by atoms with E-state index in [1.807, 2.05) is 75.4 Å². The van der Waals surface area contributed by atoms with Gasteiger partial charge < -0.3 is 10.2 Å². The maximum Gasteiger partial charge on any atom is 0.242 e. The van der Waals surface area contributed by atoms with Crippen molar-refractivity contribution in [3.63, 3.8) is 0 Å². The highest BCUT2D eigenvalue weighted by molar-refractivity contribution is 7.99. The van der Waals surface area contributed by atoms with Crippen LogP contribution < -0.4 is 5.32 Å². The van der Waals surface area contributed by atoms with Gasteiger partial charge in [-0.05, 0) is 45.4 Å². The zero-order valence-electron chi connectivity index (χ0n) is 17.1. The van der Waals surface area contributed by atoms with E-state index < -0.39 is 6.04 Å². The number of thioether (sulfide) groups is 1. The molecule has 2 aromatic carbocycles. The average Bonchev–Trinajstić information content (AvgIpc) is 2.67. The van der Waals surface area contributed by atoms with Gasteiger partial charge in [0.25, 0.3) is 0 Å². The second-order valence-electron chi connectivity index (χ2n) is 7.26. The fourth-order valence-corrected chi connectivity index (χ4v) is 3.66. The molecule has 4 nitrogen and oxygen atoms in total. The minimum atomic E-state index is -0.516. The Kier molecular flexibility index (Phi) is 8.58. The lowest BCUT2D eigenvalue weighted by molar-refractivity contribution is -0.140. The van der Waals surface area contributed by atoms with Crippen LogP contribution in [0.1, 0.15) is 38.3 Å². The van der Waals surface area contributed by atoms with Crippen LogP contribution in [0.3, 0.4) is 0 Å². The van der Waals surface area contributed by atoms with Gasteiger partial charge in [0.2, 0.25) is 11.8 Å². The summed E-state index contributed by atoms with van der Waals surface area (Å²) in [5.74, 6) is 0.563. The summed E-state index contributed by atoms with van der Waals surface area (Å²) in [4.78, 5) is 28.3. The fraction of sp³-hybridized carbons (Fsp3) is 0.391. The Morgan fingerprint density at radius 3 is 2.25 bits per heavy atom. The molecule has 150 valence electrons. The largest absolute Gasteiger partial charge is 0.352 e. The normalized spacial score (nSPS) is 11.9. The zero-order valence-corrected chi connectivity index (χ0v) is 18.0. The molecule has 2 rings (SSSR count). The third-order valence-electron chi connectivity index (χ3n) is 4.40. The molecule has 0 heterocycles. The molecule has 1 atom stereocenters. The van der Waals surface area contributed by atoms with E-state index >= 15 is 0 Å². The molecule has 0 saturated heterocycles. The summed E-state index contributed by atoms with van der Waals surface area (Å²) in [5, 5.41) is 2.92. The molecule has 0 aliphatic rings. The Hall–Kier alpha value is -2.27. The number of rotatable bonds is 9. The third-order valence-corrected chi connectivity index (χ3v) is 5.41. The summed E-state index contributed by atoms with van der Waals surface area (Å²) in [6.07, 6.45) is 0.394. The molecule has 2 aromatic rings. The van der Waals surface area contributed by atoms with Gasteiger partial charge in [-0.1, -0.05) is 48.0 Å². The lowest BCUT2D eigenvalue weighted by Crippen LogP contribution is -2.49. The molecule has 28 heavy (non-hydrogen) atoms. The number of aryl methyl sites for hydroxylation is 1. The van der Waals surface area contributed by atoms with Crippen molar-refractivity contribution in [3.8, 4) is 0 Å². The summed E-state index contributed by atoms with van der Waals surface area (Å²) in [6.45, 7) is 8.11. The number of nitrogens with one attached hydrogen (secondary N) is 1. The van der Waals surface area contributed by atoms with Crippen molar-refractivity contribution in [2.75, 3.05) is 5.75 Å². The van der Waals surface area contributed by atoms with E-state index in [9.17, 15) is 9.59 Å². The Morgan fingerprint density at radius 2 is 1.64 bits per heavy atom. The van der Waals surface area contributed by atoms with Crippen LogP contribution in [0.25, 0.3) is 0 Å². The first kappa shape index (κ1) is 22.0. The van der Waals surface area contributed by atoms with Crippen LogP contribution in [0.15, 0.2) is 59.5 Å². The topological polar surface area (TPSA) is 49.4 Å². The number of hydrogen-bond donors (Lipinski definition) is 1. The van der Waals surface area contributed by atoms with E-state index in [0.29, 0.717) is 18.7 Å². The second-order valence-corrected chi connectivity index (χ2v) is 8.43. The molecule has 2 amide bonds. The molecule has 0 aliphatic carbocycles. The minimum absolute atomic E-state index is 0.00425. The Labute approximate surface area is 172 Å². The third kappa shape index (κ3) is 7.04. The highest BCUT2D eigenvalue weighted by atomic mass is 32.2. The van der Waals surface area contributed by atoms with Gasteiger partial charge in [0.15, 0.2) is 0 Å². The predicted molar refractivity (Wildman–Crippen MR) is 116 cm³/mol. The van der Waals surface area contributed by atoms with Crippen LogP contribution in [0.5, 0.6) is 0 Å². The van der Waals surface area contributed by atoms with Crippen molar-refractivity contribution in [1.29, 1.82) is 0 Å². The van der Waals surface area contributed by atoms with E-state index in [1.54, 1.807) is 23.6 Å². The van der Waals surface area contributed by atoms with Crippen molar-refractivity contribution >= 4 is 23.6 Å². The molecule has 0 aromatic heterocycles. The Balaban J connectivity index is 2.05. The molecular formula is C23H30N2O2S. The summed E-state index contributed by atoms with van der Waals surface area (Å²) < 4.78 is 0. The molecule has 0 bridgehead atoms. The summed E-state index contributed by atoms with van der Waals surface area (Å²) in [6, 6.07) is 17.7. The van der Waals surface area contributed by atoms with Gasteiger partial charge in [-0.25, -0.2) is 0 Å². The highest BCUT2D eigenvalue weighted by Gasteiger charge is 2.26. The zero-order chi connectivity index (χ0) is 20.5. The van der Waals surface area contributed by atoms with Gasteiger partial charge in [-0.15, -0.1) is 11.8 Å². The van der Waals surface area contributed by atoms with E-state index in [2.05, 4.69) is 5.32 Å². The number of hydrogen-bond acceptors (Lipinski definition) is 3. The molecule has 0 saturated carbocycles. The summed E-state index contributed by atoms with van der Waals surface area (Å²) in [5.41, 5.74) is 2.20. The van der Waals surface area contributed by atoms with Crippen molar-refractivity contribution in [2.24, 2.45) is 0 Å². The lowest BCUT2D eigenvalue weighted by Gasteiger charge is -2.29. The van der Waals surface area contributed by atoms with E-state index in [1.165, 1.54) is 5.56 Å².